The van der Waals surface area contributed by atoms with Crippen molar-refractivity contribution in [2.24, 2.45) is 0 Å². The van der Waals surface area contributed by atoms with Crippen LogP contribution >= 0.6 is 27.3 Å². The van der Waals surface area contributed by atoms with Crippen LogP contribution in [0.4, 0.5) is 10.8 Å². The van der Waals surface area contributed by atoms with Gasteiger partial charge >= 0.3 is 5.97 Å². The number of thiazole rings is 1. The third-order valence-electron chi connectivity index (χ3n) is 3.75. The summed E-state index contributed by atoms with van der Waals surface area (Å²) in [5, 5.41) is 13.0. The van der Waals surface area contributed by atoms with Crippen LogP contribution in [-0.2, 0) is 19.4 Å². The van der Waals surface area contributed by atoms with Gasteiger partial charge in [0.2, 0.25) is 9.84 Å². The lowest BCUT2D eigenvalue weighted by atomic mass is 10.2. The molecule has 31 heavy (non-hydrogen) atoms. The van der Waals surface area contributed by atoms with Gasteiger partial charge in [0.05, 0.1) is 21.6 Å². The monoisotopic (exact) mass is 525 g/mol. The number of nitro benzene ring substituents is 1. The molecule has 0 saturated carbocycles. The maximum absolute atomic E-state index is 12.6. The number of nitrogens with zero attached hydrogens (tertiary/aromatic N) is 2. The number of benzene rings is 2. The molecule has 1 N–H and O–H groups in total. The molecule has 1 heterocycles. The molecule has 0 spiro atoms. The highest BCUT2D eigenvalue weighted by Crippen LogP contribution is 2.29. The zero-order chi connectivity index (χ0) is 22.6. The second-order valence-electron chi connectivity index (χ2n) is 5.87. The number of hydrogen-bond donors (Lipinski definition) is 1. The quantitative estimate of drug-likeness (QED) is 0.280. The van der Waals surface area contributed by atoms with Crippen molar-refractivity contribution < 1.29 is 27.7 Å². The molecular formula is C18H12BrN3O7S2. The van der Waals surface area contributed by atoms with Crippen LogP contribution in [0.15, 0.2) is 68.3 Å². The molecule has 0 atom stereocenters. The fourth-order valence-electron chi connectivity index (χ4n) is 2.29. The summed E-state index contributed by atoms with van der Waals surface area (Å²) in [6.07, 6.45) is 1.06. The van der Waals surface area contributed by atoms with Crippen LogP contribution in [0.1, 0.15) is 10.4 Å². The van der Waals surface area contributed by atoms with E-state index in [0.29, 0.717) is 15.8 Å². The first-order chi connectivity index (χ1) is 14.7. The van der Waals surface area contributed by atoms with E-state index in [0.717, 1.165) is 30.5 Å². The Labute approximate surface area is 188 Å². The van der Waals surface area contributed by atoms with Gasteiger partial charge in [-0.25, -0.2) is 18.2 Å². The Morgan fingerprint density at radius 1 is 1.19 bits per heavy atom. The highest BCUT2D eigenvalue weighted by molar-refractivity contribution is 9.10. The SMILES string of the molecule is O=C(COC(=O)c1cccc(Br)c1)Nc1ncc(S(=O)(=O)c2ccc([N+](=O)[O-])cc2)s1. The number of esters is 1. The van der Waals surface area contributed by atoms with E-state index in [1.807, 2.05) is 0 Å². The Hall–Kier alpha value is -3.16. The number of hydrogen-bond acceptors (Lipinski definition) is 9. The van der Waals surface area contributed by atoms with E-state index >= 15 is 0 Å². The van der Waals surface area contributed by atoms with Crippen LogP contribution in [0.25, 0.3) is 0 Å². The Morgan fingerprint density at radius 3 is 2.55 bits per heavy atom. The molecule has 0 aliphatic rings. The van der Waals surface area contributed by atoms with Crippen LogP contribution < -0.4 is 5.32 Å². The number of non-ortho nitro benzene ring substituents is 1. The molecule has 0 aliphatic heterocycles. The normalized spacial score (nSPS) is 11.0. The lowest BCUT2D eigenvalue weighted by Gasteiger charge is -2.05. The fraction of sp³-hybridized carbons (Fsp3) is 0.0556. The van der Waals surface area contributed by atoms with Gasteiger partial charge in [-0.1, -0.05) is 33.3 Å². The van der Waals surface area contributed by atoms with Crippen LogP contribution in [0, 0.1) is 10.1 Å². The average molecular weight is 526 g/mol. The zero-order valence-corrected chi connectivity index (χ0v) is 18.6. The summed E-state index contributed by atoms with van der Waals surface area (Å²) < 4.78 is 30.7. The Balaban J connectivity index is 1.63. The van der Waals surface area contributed by atoms with Crippen molar-refractivity contribution in [2.75, 3.05) is 11.9 Å². The molecule has 160 valence electrons. The maximum atomic E-state index is 12.6. The van der Waals surface area contributed by atoms with Gasteiger partial charge in [-0.3, -0.25) is 20.2 Å². The maximum Gasteiger partial charge on any atom is 0.338 e. The van der Waals surface area contributed by atoms with Crippen molar-refractivity contribution in [3.63, 3.8) is 0 Å². The third-order valence-corrected chi connectivity index (χ3v) is 7.39. The predicted molar refractivity (Wildman–Crippen MR) is 114 cm³/mol. The Bertz CT molecular complexity index is 1260. The smallest absolute Gasteiger partial charge is 0.338 e. The number of rotatable bonds is 7. The van der Waals surface area contributed by atoms with Gasteiger partial charge in [0.15, 0.2) is 11.7 Å². The Morgan fingerprint density at radius 2 is 1.90 bits per heavy atom. The molecule has 0 bridgehead atoms. The molecule has 0 aliphatic carbocycles. The summed E-state index contributed by atoms with van der Waals surface area (Å²) in [5.41, 5.74) is 0.0153. The summed E-state index contributed by atoms with van der Waals surface area (Å²) in [4.78, 5) is 37.7. The topological polar surface area (TPSA) is 146 Å². The first-order valence-electron chi connectivity index (χ1n) is 8.35. The van der Waals surface area contributed by atoms with Gasteiger partial charge in [-0.05, 0) is 30.3 Å². The number of ether oxygens (including phenoxy) is 1. The molecule has 13 heteroatoms. The average Bonchev–Trinajstić information content (AvgIpc) is 3.21. The lowest BCUT2D eigenvalue weighted by Crippen LogP contribution is -2.20. The molecule has 0 saturated heterocycles. The number of amides is 1. The number of aromatic nitrogens is 1. The van der Waals surface area contributed by atoms with Gasteiger partial charge in [0.25, 0.3) is 11.6 Å². The summed E-state index contributed by atoms with van der Waals surface area (Å²) in [6, 6.07) is 10.8. The minimum absolute atomic E-state index is 0.0102. The highest BCUT2D eigenvalue weighted by atomic mass is 79.9. The standard InChI is InChI=1S/C18H12BrN3O7S2/c19-12-3-1-2-11(8-12)17(24)29-10-15(23)21-18-20-9-16(30-18)31(27,28)14-6-4-13(5-7-14)22(25)26/h1-9H,10H2,(H,20,21,23). The zero-order valence-electron chi connectivity index (χ0n) is 15.3. The number of anilines is 1. The van der Waals surface area contributed by atoms with Gasteiger partial charge < -0.3 is 4.74 Å². The fourth-order valence-corrected chi connectivity index (χ4v) is 5.14. The number of sulfone groups is 1. The van der Waals surface area contributed by atoms with Gasteiger partial charge in [0, 0.05) is 16.6 Å². The third kappa shape index (κ3) is 5.51. The minimum atomic E-state index is -3.97. The molecule has 0 radical (unpaired) electrons. The minimum Gasteiger partial charge on any atom is -0.452 e. The molecule has 0 unspecified atom stereocenters. The van der Waals surface area contributed by atoms with E-state index in [9.17, 15) is 28.1 Å². The second kappa shape index (κ2) is 9.32. The molecule has 0 fully saturated rings. The Kier molecular flexibility index (Phi) is 6.77. The number of nitro groups is 1. The predicted octanol–water partition coefficient (Wildman–Crippen LogP) is 3.44. The van der Waals surface area contributed by atoms with Crippen molar-refractivity contribution in [1.82, 2.24) is 4.98 Å². The van der Waals surface area contributed by atoms with Crippen LogP contribution in [-0.4, -0.2) is 36.8 Å². The van der Waals surface area contributed by atoms with E-state index in [1.165, 1.54) is 12.1 Å². The molecule has 10 nitrogen and oxygen atoms in total. The highest BCUT2D eigenvalue weighted by Gasteiger charge is 2.22. The molecule has 1 amide bonds. The number of carbonyl (C=O) groups excluding carboxylic acids is 2. The van der Waals surface area contributed by atoms with E-state index < -0.39 is 33.2 Å². The molecule has 3 aromatic rings. The van der Waals surface area contributed by atoms with Crippen molar-refractivity contribution in [3.8, 4) is 0 Å². The van der Waals surface area contributed by atoms with Crippen LogP contribution in [0.2, 0.25) is 0 Å². The summed E-state index contributed by atoms with van der Waals surface area (Å²) >= 11 is 3.92. The van der Waals surface area contributed by atoms with Crippen LogP contribution in [0.5, 0.6) is 0 Å². The van der Waals surface area contributed by atoms with Gasteiger partial charge in [-0.15, -0.1) is 0 Å². The van der Waals surface area contributed by atoms with E-state index in [2.05, 4.69) is 26.2 Å². The number of halogens is 1. The summed E-state index contributed by atoms with van der Waals surface area (Å²) in [6.45, 7) is -0.588. The first-order valence-corrected chi connectivity index (χ1v) is 11.4. The molecular weight excluding hydrogens is 514 g/mol. The molecule has 3 rings (SSSR count). The van der Waals surface area contributed by atoms with E-state index in [1.54, 1.807) is 12.1 Å². The van der Waals surface area contributed by atoms with Crippen molar-refractivity contribution in [1.29, 1.82) is 0 Å². The van der Waals surface area contributed by atoms with Gasteiger partial charge in [-0.2, -0.15) is 0 Å². The molecule has 1 aromatic heterocycles. The number of nitrogens with one attached hydrogen (secondary N) is 1. The van der Waals surface area contributed by atoms with E-state index in [-0.39, 0.29) is 25.5 Å². The first kappa shape index (κ1) is 22.5. The lowest BCUT2D eigenvalue weighted by molar-refractivity contribution is -0.384. The van der Waals surface area contributed by atoms with Crippen molar-refractivity contribution in [3.05, 3.63) is 74.9 Å². The summed E-state index contributed by atoms with van der Waals surface area (Å²) in [5.74, 6) is -1.39. The van der Waals surface area contributed by atoms with Gasteiger partial charge in [0.1, 0.15) is 4.21 Å². The van der Waals surface area contributed by atoms with E-state index in [4.69, 9.17) is 4.74 Å². The van der Waals surface area contributed by atoms with Crippen molar-refractivity contribution in [2.45, 2.75) is 9.10 Å². The molecule has 2 aromatic carbocycles. The summed E-state index contributed by atoms with van der Waals surface area (Å²) in [7, 11) is -3.97. The van der Waals surface area contributed by atoms with Crippen LogP contribution in [0.3, 0.4) is 0 Å². The largest absolute Gasteiger partial charge is 0.452 e. The number of carbonyl (C=O) groups is 2. The van der Waals surface area contributed by atoms with Crippen molar-refractivity contribution >= 4 is 59.8 Å². The second-order valence-corrected chi connectivity index (χ2v) is 10.00.